The van der Waals surface area contributed by atoms with Crippen LogP contribution < -0.4 is 0 Å². The van der Waals surface area contributed by atoms with E-state index in [0.29, 0.717) is 18.7 Å². The van der Waals surface area contributed by atoms with Crippen molar-refractivity contribution in [2.45, 2.75) is 19.8 Å². The molecule has 6 heteroatoms. The maximum atomic E-state index is 12.9. The van der Waals surface area contributed by atoms with Crippen molar-refractivity contribution in [2.24, 2.45) is 0 Å². The molecule has 0 atom stereocenters. The van der Waals surface area contributed by atoms with E-state index in [1.165, 1.54) is 28.4 Å². The Bertz CT molecular complexity index is 675. The number of aromatic nitrogens is 1. The molecule has 2 aromatic rings. The van der Waals surface area contributed by atoms with E-state index in [4.69, 9.17) is 5.26 Å². The number of hydrogen-bond acceptors (Lipinski definition) is 4. The van der Waals surface area contributed by atoms with Gasteiger partial charge < -0.3 is 4.90 Å². The molecule has 2 rings (SSSR count). The van der Waals surface area contributed by atoms with Crippen LogP contribution in [0.25, 0.3) is 0 Å². The van der Waals surface area contributed by atoms with Gasteiger partial charge in [-0.2, -0.15) is 5.26 Å². The summed E-state index contributed by atoms with van der Waals surface area (Å²) in [6.07, 6.45) is 0.824. The molecular weight excluding hydrogens is 301 g/mol. The summed E-state index contributed by atoms with van der Waals surface area (Å²) in [6.45, 7) is 2.46. The van der Waals surface area contributed by atoms with Crippen LogP contribution >= 0.6 is 11.3 Å². The summed E-state index contributed by atoms with van der Waals surface area (Å²) in [5.74, 6) is -0.353. The molecule has 1 aromatic heterocycles. The standard InChI is InChI=1S/C16H16FN3OS/c1-2-20(8-7-18)16(21)10-14-11-22-15(19-14)9-12-3-5-13(17)6-4-12/h3-6,11H,2,8-10H2,1H3. The van der Waals surface area contributed by atoms with Crippen LogP contribution in [-0.2, 0) is 17.6 Å². The summed E-state index contributed by atoms with van der Waals surface area (Å²) in [4.78, 5) is 18.0. The highest BCUT2D eigenvalue weighted by molar-refractivity contribution is 7.09. The minimum Gasteiger partial charge on any atom is -0.329 e. The van der Waals surface area contributed by atoms with E-state index < -0.39 is 0 Å². The molecule has 0 aliphatic heterocycles. The zero-order valence-corrected chi connectivity index (χ0v) is 13.1. The predicted molar refractivity (Wildman–Crippen MR) is 82.9 cm³/mol. The van der Waals surface area contributed by atoms with Crippen LogP contribution in [0.2, 0.25) is 0 Å². The van der Waals surface area contributed by atoms with Gasteiger partial charge in [-0.3, -0.25) is 4.79 Å². The Morgan fingerprint density at radius 1 is 1.41 bits per heavy atom. The average molecular weight is 317 g/mol. The van der Waals surface area contributed by atoms with Gasteiger partial charge in [0.1, 0.15) is 12.4 Å². The van der Waals surface area contributed by atoms with Crippen molar-refractivity contribution < 1.29 is 9.18 Å². The van der Waals surface area contributed by atoms with Gasteiger partial charge in [0.05, 0.1) is 23.2 Å². The quantitative estimate of drug-likeness (QED) is 0.770. The Hall–Kier alpha value is -2.26. The summed E-state index contributed by atoms with van der Waals surface area (Å²) < 4.78 is 12.9. The zero-order chi connectivity index (χ0) is 15.9. The highest BCUT2D eigenvalue weighted by Crippen LogP contribution is 2.16. The van der Waals surface area contributed by atoms with Gasteiger partial charge in [-0.15, -0.1) is 11.3 Å². The van der Waals surface area contributed by atoms with E-state index in [2.05, 4.69) is 4.98 Å². The number of hydrogen-bond donors (Lipinski definition) is 0. The van der Waals surface area contributed by atoms with E-state index in [0.717, 1.165) is 10.6 Å². The zero-order valence-electron chi connectivity index (χ0n) is 12.3. The first-order valence-electron chi connectivity index (χ1n) is 6.94. The normalized spacial score (nSPS) is 10.2. The number of nitrogens with zero attached hydrogens (tertiary/aromatic N) is 3. The number of amides is 1. The van der Waals surface area contributed by atoms with E-state index in [1.54, 1.807) is 12.1 Å². The van der Waals surface area contributed by atoms with Crippen LogP contribution in [0.3, 0.4) is 0 Å². The summed E-state index contributed by atoms with van der Waals surface area (Å²) in [6, 6.07) is 8.29. The highest BCUT2D eigenvalue weighted by atomic mass is 32.1. The number of rotatable bonds is 6. The van der Waals surface area contributed by atoms with Crippen molar-refractivity contribution in [3.8, 4) is 6.07 Å². The fourth-order valence-electron chi connectivity index (χ4n) is 2.02. The van der Waals surface area contributed by atoms with Gasteiger partial charge >= 0.3 is 0 Å². The Morgan fingerprint density at radius 3 is 2.77 bits per heavy atom. The third-order valence-electron chi connectivity index (χ3n) is 3.20. The van der Waals surface area contributed by atoms with E-state index >= 15 is 0 Å². The maximum absolute atomic E-state index is 12.9. The largest absolute Gasteiger partial charge is 0.329 e. The van der Waals surface area contributed by atoms with Gasteiger partial charge in [-0.1, -0.05) is 12.1 Å². The molecule has 1 aromatic carbocycles. The van der Waals surface area contributed by atoms with Crippen molar-refractivity contribution in [3.05, 3.63) is 51.7 Å². The van der Waals surface area contributed by atoms with Gasteiger partial charge in [-0.05, 0) is 24.6 Å². The third-order valence-corrected chi connectivity index (χ3v) is 4.09. The lowest BCUT2D eigenvalue weighted by molar-refractivity contribution is -0.129. The molecule has 0 unspecified atom stereocenters. The topological polar surface area (TPSA) is 57.0 Å². The molecule has 0 spiro atoms. The van der Waals surface area contributed by atoms with E-state index in [9.17, 15) is 9.18 Å². The minimum atomic E-state index is -0.258. The number of thiazole rings is 1. The molecule has 4 nitrogen and oxygen atoms in total. The Balaban J connectivity index is 1.98. The lowest BCUT2D eigenvalue weighted by atomic mass is 10.1. The summed E-state index contributed by atoms with van der Waals surface area (Å²) in [5.41, 5.74) is 1.69. The van der Waals surface area contributed by atoms with Crippen LogP contribution in [0.5, 0.6) is 0 Å². The molecule has 1 amide bonds. The third kappa shape index (κ3) is 4.37. The second-order valence-electron chi connectivity index (χ2n) is 4.78. The summed E-state index contributed by atoms with van der Waals surface area (Å²) in [7, 11) is 0. The predicted octanol–water partition coefficient (Wildman–Crippen LogP) is 2.79. The van der Waals surface area contributed by atoms with Crippen LogP contribution in [0.1, 0.15) is 23.2 Å². The van der Waals surface area contributed by atoms with Crippen LogP contribution in [0.4, 0.5) is 4.39 Å². The molecule has 0 saturated carbocycles. The summed E-state index contributed by atoms with van der Waals surface area (Å²) >= 11 is 1.48. The molecule has 0 aliphatic rings. The van der Waals surface area contributed by atoms with Crippen LogP contribution in [0, 0.1) is 17.1 Å². The Morgan fingerprint density at radius 2 is 2.14 bits per heavy atom. The number of carbonyl (C=O) groups is 1. The molecule has 0 radical (unpaired) electrons. The first-order chi connectivity index (χ1) is 10.6. The molecular formula is C16H16FN3OS. The highest BCUT2D eigenvalue weighted by Gasteiger charge is 2.14. The van der Waals surface area contributed by atoms with E-state index in [-0.39, 0.29) is 24.7 Å². The molecule has 22 heavy (non-hydrogen) atoms. The lowest BCUT2D eigenvalue weighted by Crippen LogP contribution is -2.32. The van der Waals surface area contributed by atoms with Gasteiger partial charge in [0.15, 0.2) is 0 Å². The minimum absolute atomic E-state index is 0.0947. The van der Waals surface area contributed by atoms with Crippen molar-refractivity contribution in [2.75, 3.05) is 13.1 Å². The van der Waals surface area contributed by atoms with Crippen molar-refractivity contribution in [1.82, 2.24) is 9.88 Å². The molecule has 0 bridgehead atoms. The van der Waals surface area contributed by atoms with Crippen LogP contribution in [0.15, 0.2) is 29.6 Å². The van der Waals surface area contributed by atoms with Gasteiger partial charge in [0.2, 0.25) is 5.91 Å². The molecule has 1 heterocycles. The number of benzene rings is 1. The number of halogens is 1. The first-order valence-corrected chi connectivity index (χ1v) is 7.82. The number of likely N-dealkylation sites (N-methyl/N-ethyl adjacent to an activating group) is 1. The fourth-order valence-corrected chi connectivity index (χ4v) is 2.84. The van der Waals surface area contributed by atoms with Gasteiger partial charge in [0, 0.05) is 18.3 Å². The van der Waals surface area contributed by atoms with E-state index in [1.807, 2.05) is 18.4 Å². The van der Waals surface area contributed by atoms with Gasteiger partial charge in [0.25, 0.3) is 0 Å². The fraction of sp³-hybridized carbons (Fsp3) is 0.312. The second-order valence-corrected chi connectivity index (χ2v) is 5.72. The van der Waals surface area contributed by atoms with Crippen molar-refractivity contribution in [1.29, 1.82) is 5.26 Å². The maximum Gasteiger partial charge on any atom is 0.229 e. The number of nitriles is 1. The molecule has 0 N–H and O–H groups in total. The first kappa shape index (κ1) is 16.1. The monoisotopic (exact) mass is 317 g/mol. The second kappa shape index (κ2) is 7.66. The lowest BCUT2D eigenvalue weighted by Gasteiger charge is -2.16. The Kier molecular flexibility index (Phi) is 5.61. The average Bonchev–Trinajstić information content (AvgIpc) is 2.94. The van der Waals surface area contributed by atoms with Crippen molar-refractivity contribution in [3.63, 3.8) is 0 Å². The van der Waals surface area contributed by atoms with Crippen LogP contribution in [-0.4, -0.2) is 28.9 Å². The van der Waals surface area contributed by atoms with Gasteiger partial charge in [-0.25, -0.2) is 9.37 Å². The smallest absolute Gasteiger partial charge is 0.229 e. The van der Waals surface area contributed by atoms with Crippen molar-refractivity contribution >= 4 is 17.2 Å². The SMILES string of the molecule is CCN(CC#N)C(=O)Cc1csc(Cc2ccc(F)cc2)n1. The molecule has 0 saturated heterocycles. The molecule has 114 valence electrons. The molecule has 0 aliphatic carbocycles. The Labute approximate surface area is 132 Å². The number of carbonyl (C=O) groups excluding carboxylic acids is 1. The molecule has 0 fully saturated rings. The summed E-state index contributed by atoms with van der Waals surface area (Å²) in [5, 5.41) is 11.4.